The smallest absolute Gasteiger partial charge is 0.193 e. The molecule has 0 fully saturated rings. The van der Waals surface area contributed by atoms with E-state index in [1.54, 1.807) is 0 Å². The zero-order valence-corrected chi connectivity index (χ0v) is 16.5. The molecule has 0 saturated heterocycles. The minimum absolute atomic E-state index is 0.0739. The highest BCUT2D eigenvalue weighted by Crippen LogP contribution is 2.37. The average Bonchev–Trinajstić information content (AvgIpc) is 2.49. The summed E-state index contributed by atoms with van der Waals surface area (Å²) in [5.74, 6) is 0. The van der Waals surface area contributed by atoms with Gasteiger partial charge in [0.1, 0.15) is 12.4 Å². The summed E-state index contributed by atoms with van der Waals surface area (Å²) in [5.41, 5.74) is 1.12. The maximum Gasteiger partial charge on any atom is 0.193 e. The summed E-state index contributed by atoms with van der Waals surface area (Å²) in [7, 11) is -2.00. The van der Waals surface area contributed by atoms with Crippen molar-refractivity contribution in [2.45, 2.75) is 77.5 Å². The van der Waals surface area contributed by atoms with Gasteiger partial charge in [0.2, 0.25) is 0 Å². The van der Waals surface area contributed by atoms with Crippen molar-refractivity contribution in [3.05, 3.63) is 35.9 Å². The standard InChI is InChI=1S/C19H32O3Si/c1-7-11-17(21-15-16-12-9-8-10-13-16)18(14-20)22-23(5,6)19(2,3)4/h8-10,12-14,17-18H,7,11,15H2,1-6H3/t17-,18+/m1/s1. The first-order valence-electron chi connectivity index (χ1n) is 8.50. The highest BCUT2D eigenvalue weighted by Gasteiger charge is 2.40. The first kappa shape index (κ1) is 20.1. The molecule has 23 heavy (non-hydrogen) atoms. The fourth-order valence-corrected chi connectivity index (χ4v) is 3.35. The Bertz CT molecular complexity index is 465. The number of hydrogen-bond acceptors (Lipinski definition) is 3. The molecule has 0 N–H and O–H groups in total. The Kier molecular flexibility index (Phi) is 7.65. The quantitative estimate of drug-likeness (QED) is 0.472. The molecule has 1 aromatic rings. The summed E-state index contributed by atoms with van der Waals surface area (Å²) in [6.07, 6.45) is 2.04. The Morgan fingerprint density at radius 3 is 2.26 bits per heavy atom. The van der Waals surface area contributed by atoms with E-state index in [1.165, 1.54) is 0 Å². The van der Waals surface area contributed by atoms with E-state index in [2.05, 4.69) is 40.8 Å². The highest BCUT2D eigenvalue weighted by molar-refractivity contribution is 6.74. The second kappa shape index (κ2) is 8.76. The number of carbonyl (C=O) groups is 1. The van der Waals surface area contributed by atoms with Gasteiger partial charge in [0.05, 0.1) is 12.7 Å². The zero-order chi connectivity index (χ0) is 17.5. The average molecular weight is 337 g/mol. The van der Waals surface area contributed by atoms with Crippen molar-refractivity contribution in [1.82, 2.24) is 0 Å². The van der Waals surface area contributed by atoms with Crippen LogP contribution >= 0.6 is 0 Å². The van der Waals surface area contributed by atoms with Crippen molar-refractivity contribution in [3.8, 4) is 0 Å². The van der Waals surface area contributed by atoms with Gasteiger partial charge in [-0.2, -0.15) is 0 Å². The molecule has 0 aliphatic rings. The van der Waals surface area contributed by atoms with E-state index >= 15 is 0 Å². The van der Waals surface area contributed by atoms with Gasteiger partial charge in [0.25, 0.3) is 0 Å². The Labute approximate surface area is 142 Å². The molecule has 0 radical (unpaired) electrons. The van der Waals surface area contributed by atoms with Crippen molar-refractivity contribution >= 4 is 14.6 Å². The second-order valence-electron chi connectivity index (χ2n) is 7.60. The van der Waals surface area contributed by atoms with E-state index in [4.69, 9.17) is 9.16 Å². The van der Waals surface area contributed by atoms with Gasteiger partial charge in [-0.25, -0.2) is 0 Å². The fourth-order valence-electron chi connectivity index (χ4n) is 2.11. The van der Waals surface area contributed by atoms with E-state index in [0.29, 0.717) is 6.61 Å². The van der Waals surface area contributed by atoms with Crippen molar-refractivity contribution in [1.29, 1.82) is 0 Å². The number of ether oxygens (including phenoxy) is 1. The molecule has 0 aromatic heterocycles. The van der Waals surface area contributed by atoms with Crippen LogP contribution in [0, 0.1) is 0 Å². The number of carbonyl (C=O) groups excluding carboxylic acids is 1. The lowest BCUT2D eigenvalue weighted by atomic mass is 10.1. The summed E-state index contributed by atoms with van der Waals surface area (Å²) < 4.78 is 12.3. The lowest BCUT2D eigenvalue weighted by Gasteiger charge is -2.39. The third kappa shape index (κ3) is 6.20. The molecule has 0 unspecified atom stereocenters. The van der Waals surface area contributed by atoms with Gasteiger partial charge in [-0.15, -0.1) is 0 Å². The Balaban J connectivity index is 2.77. The molecule has 4 heteroatoms. The van der Waals surface area contributed by atoms with Gasteiger partial charge in [0.15, 0.2) is 8.32 Å². The molecule has 2 atom stereocenters. The molecule has 3 nitrogen and oxygen atoms in total. The fraction of sp³-hybridized carbons (Fsp3) is 0.632. The third-order valence-corrected chi connectivity index (χ3v) is 9.09. The van der Waals surface area contributed by atoms with Crippen LogP contribution in [0.25, 0.3) is 0 Å². The SMILES string of the molecule is CCC[C@@H](OCc1ccccc1)[C@H](C=O)O[Si](C)(C)C(C)(C)C. The van der Waals surface area contributed by atoms with E-state index in [-0.39, 0.29) is 11.1 Å². The molecule has 0 aliphatic carbocycles. The number of benzene rings is 1. The van der Waals surface area contributed by atoms with Gasteiger partial charge in [-0.3, -0.25) is 0 Å². The summed E-state index contributed by atoms with van der Waals surface area (Å²) in [4.78, 5) is 11.7. The molecule has 0 amide bonds. The minimum atomic E-state index is -2.00. The predicted octanol–water partition coefficient (Wildman–Crippen LogP) is 4.96. The van der Waals surface area contributed by atoms with E-state index < -0.39 is 14.4 Å². The van der Waals surface area contributed by atoms with Crippen LogP contribution in [-0.4, -0.2) is 26.8 Å². The van der Waals surface area contributed by atoms with Crippen LogP contribution in [0.5, 0.6) is 0 Å². The third-order valence-electron chi connectivity index (χ3n) is 4.62. The predicted molar refractivity (Wildman–Crippen MR) is 98.1 cm³/mol. The summed E-state index contributed by atoms with van der Waals surface area (Å²) in [6.45, 7) is 13.5. The highest BCUT2D eigenvalue weighted by atomic mass is 28.4. The summed E-state index contributed by atoms with van der Waals surface area (Å²) in [6, 6.07) is 10.1. The monoisotopic (exact) mass is 336 g/mol. The minimum Gasteiger partial charge on any atom is -0.405 e. The van der Waals surface area contributed by atoms with Gasteiger partial charge >= 0.3 is 0 Å². The van der Waals surface area contributed by atoms with Gasteiger partial charge in [-0.05, 0) is 30.1 Å². The Hall–Kier alpha value is -0.973. The molecule has 130 valence electrons. The van der Waals surface area contributed by atoms with Crippen LogP contribution in [0.2, 0.25) is 18.1 Å². The molecule has 0 spiro atoms. The van der Waals surface area contributed by atoms with Gasteiger partial charge in [0, 0.05) is 0 Å². The van der Waals surface area contributed by atoms with Crippen molar-refractivity contribution in [3.63, 3.8) is 0 Å². The zero-order valence-electron chi connectivity index (χ0n) is 15.5. The Morgan fingerprint density at radius 2 is 1.78 bits per heavy atom. The van der Waals surface area contributed by atoms with Crippen LogP contribution in [-0.2, 0) is 20.6 Å². The number of rotatable bonds is 9. The molecular formula is C19H32O3Si. The van der Waals surface area contributed by atoms with Crippen LogP contribution < -0.4 is 0 Å². The molecule has 0 heterocycles. The van der Waals surface area contributed by atoms with E-state index in [0.717, 1.165) is 24.7 Å². The van der Waals surface area contributed by atoms with Crippen LogP contribution in [0.3, 0.4) is 0 Å². The number of aldehydes is 1. The topological polar surface area (TPSA) is 35.5 Å². The maximum absolute atomic E-state index is 11.7. The van der Waals surface area contributed by atoms with E-state index in [9.17, 15) is 4.79 Å². The maximum atomic E-state index is 11.7. The van der Waals surface area contributed by atoms with Gasteiger partial charge in [-0.1, -0.05) is 64.4 Å². The van der Waals surface area contributed by atoms with Gasteiger partial charge < -0.3 is 14.0 Å². The van der Waals surface area contributed by atoms with E-state index in [1.807, 2.05) is 30.3 Å². The molecule has 1 aromatic carbocycles. The lowest BCUT2D eigenvalue weighted by molar-refractivity contribution is -0.123. The second-order valence-corrected chi connectivity index (χ2v) is 12.4. The van der Waals surface area contributed by atoms with Crippen LogP contribution in [0.15, 0.2) is 30.3 Å². The summed E-state index contributed by atoms with van der Waals surface area (Å²) >= 11 is 0. The van der Waals surface area contributed by atoms with Crippen molar-refractivity contribution < 1.29 is 14.0 Å². The molecule has 0 bridgehead atoms. The molecule has 0 saturated carbocycles. The normalized spacial score (nSPS) is 15.2. The Morgan fingerprint density at radius 1 is 1.17 bits per heavy atom. The molecule has 1 rings (SSSR count). The molecular weight excluding hydrogens is 304 g/mol. The first-order valence-corrected chi connectivity index (χ1v) is 11.4. The largest absolute Gasteiger partial charge is 0.405 e. The van der Waals surface area contributed by atoms with Crippen LogP contribution in [0.4, 0.5) is 0 Å². The molecule has 0 aliphatic heterocycles. The number of hydrogen-bond donors (Lipinski definition) is 0. The van der Waals surface area contributed by atoms with Crippen molar-refractivity contribution in [2.24, 2.45) is 0 Å². The lowest BCUT2D eigenvalue weighted by Crippen LogP contribution is -2.48. The summed E-state index contributed by atoms with van der Waals surface area (Å²) in [5, 5.41) is 0.0739. The van der Waals surface area contributed by atoms with Crippen molar-refractivity contribution in [2.75, 3.05) is 0 Å². The van der Waals surface area contributed by atoms with Crippen LogP contribution in [0.1, 0.15) is 46.1 Å². The first-order chi connectivity index (χ1) is 10.7.